The van der Waals surface area contributed by atoms with E-state index in [0.717, 1.165) is 5.56 Å². The van der Waals surface area contributed by atoms with E-state index < -0.39 is 5.97 Å². The third-order valence-electron chi connectivity index (χ3n) is 2.29. The number of carbonyl (C=O) groups excluding carboxylic acids is 1. The first-order valence-electron chi connectivity index (χ1n) is 5.39. The maximum absolute atomic E-state index is 11.4. The first kappa shape index (κ1) is 12.6. The van der Waals surface area contributed by atoms with Crippen molar-refractivity contribution >= 4 is 17.6 Å². The summed E-state index contributed by atoms with van der Waals surface area (Å²) in [7, 11) is 0. The summed E-state index contributed by atoms with van der Waals surface area (Å²) in [6.45, 7) is 3.85. The molecule has 18 heavy (non-hydrogen) atoms. The third kappa shape index (κ3) is 2.51. The van der Waals surface area contributed by atoms with Gasteiger partial charge >= 0.3 is 5.97 Å². The smallest absolute Gasteiger partial charge is 0.379 e. The maximum atomic E-state index is 11.4. The van der Waals surface area contributed by atoms with Gasteiger partial charge in [0, 0.05) is 10.6 Å². The number of rotatable bonds is 3. The van der Waals surface area contributed by atoms with Crippen molar-refractivity contribution < 1.29 is 14.1 Å². The van der Waals surface area contributed by atoms with Crippen LogP contribution in [0.3, 0.4) is 0 Å². The Kier molecular flexibility index (Phi) is 3.62. The molecule has 0 atom stereocenters. The Morgan fingerprint density at radius 2 is 2.28 bits per heavy atom. The molecule has 0 aliphatic carbocycles. The van der Waals surface area contributed by atoms with Crippen molar-refractivity contribution in [3.63, 3.8) is 0 Å². The SMILES string of the molecule is CCOC(=O)c1noc(-c2ccc(Cl)c(C)c2)n1. The maximum Gasteiger partial charge on any atom is 0.379 e. The minimum atomic E-state index is -0.599. The van der Waals surface area contributed by atoms with Crippen LogP contribution in [0.4, 0.5) is 0 Å². The van der Waals surface area contributed by atoms with Crippen LogP contribution in [-0.4, -0.2) is 22.7 Å². The molecular formula is C12H11ClN2O3. The molecule has 0 amide bonds. The van der Waals surface area contributed by atoms with Gasteiger partial charge in [-0.15, -0.1) is 0 Å². The molecule has 1 heterocycles. The second kappa shape index (κ2) is 5.18. The number of aryl methyl sites for hydroxylation is 1. The minimum absolute atomic E-state index is 0.0838. The van der Waals surface area contributed by atoms with Gasteiger partial charge in [0.25, 0.3) is 11.7 Å². The van der Waals surface area contributed by atoms with Crippen molar-refractivity contribution in [3.05, 3.63) is 34.6 Å². The number of ether oxygens (including phenoxy) is 1. The van der Waals surface area contributed by atoms with Crippen molar-refractivity contribution in [1.82, 2.24) is 10.1 Å². The monoisotopic (exact) mass is 266 g/mol. The van der Waals surface area contributed by atoms with E-state index in [1.54, 1.807) is 19.1 Å². The van der Waals surface area contributed by atoms with Crippen LogP contribution in [0.5, 0.6) is 0 Å². The van der Waals surface area contributed by atoms with Crippen molar-refractivity contribution in [2.24, 2.45) is 0 Å². The van der Waals surface area contributed by atoms with Gasteiger partial charge in [-0.3, -0.25) is 0 Å². The van der Waals surface area contributed by atoms with Gasteiger partial charge in [-0.1, -0.05) is 11.6 Å². The van der Waals surface area contributed by atoms with Gasteiger partial charge in [0.15, 0.2) is 0 Å². The fourth-order valence-electron chi connectivity index (χ4n) is 1.40. The Labute approximate surface area is 109 Å². The highest BCUT2D eigenvalue weighted by molar-refractivity contribution is 6.31. The molecule has 0 bridgehead atoms. The molecule has 0 radical (unpaired) electrons. The number of hydrogen-bond donors (Lipinski definition) is 0. The zero-order chi connectivity index (χ0) is 13.1. The van der Waals surface area contributed by atoms with Crippen LogP contribution in [0.1, 0.15) is 23.1 Å². The van der Waals surface area contributed by atoms with Crippen LogP contribution in [0.15, 0.2) is 22.7 Å². The fourth-order valence-corrected chi connectivity index (χ4v) is 1.51. The van der Waals surface area contributed by atoms with Gasteiger partial charge in [0.2, 0.25) is 0 Å². The molecule has 0 aliphatic heterocycles. The number of carbonyl (C=O) groups is 1. The van der Waals surface area contributed by atoms with Crippen molar-refractivity contribution in [2.75, 3.05) is 6.61 Å². The summed E-state index contributed by atoms with van der Waals surface area (Å²) in [6, 6.07) is 5.29. The first-order chi connectivity index (χ1) is 8.61. The molecule has 0 unspecified atom stereocenters. The summed E-state index contributed by atoms with van der Waals surface area (Å²) in [5, 5.41) is 4.23. The second-order valence-corrected chi connectivity index (χ2v) is 4.01. The van der Waals surface area contributed by atoms with Crippen LogP contribution >= 0.6 is 11.6 Å². The van der Waals surface area contributed by atoms with Crippen LogP contribution < -0.4 is 0 Å². The van der Waals surface area contributed by atoms with Gasteiger partial charge in [-0.25, -0.2) is 4.79 Å². The van der Waals surface area contributed by atoms with Crippen LogP contribution in [0, 0.1) is 6.92 Å². The summed E-state index contributed by atoms with van der Waals surface area (Å²) >= 11 is 5.92. The highest BCUT2D eigenvalue weighted by atomic mass is 35.5. The van der Waals surface area contributed by atoms with E-state index in [0.29, 0.717) is 10.6 Å². The van der Waals surface area contributed by atoms with Crippen LogP contribution in [0.25, 0.3) is 11.5 Å². The molecule has 0 fully saturated rings. The highest BCUT2D eigenvalue weighted by Crippen LogP contribution is 2.23. The molecule has 0 spiro atoms. The lowest BCUT2D eigenvalue weighted by Crippen LogP contribution is -2.06. The van der Waals surface area contributed by atoms with E-state index in [-0.39, 0.29) is 18.3 Å². The predicted molar refractivity (Wildman–Crippen MR) is 65.4 cm³/mol. The zero-order valence-corrected chi connectivity index (χ0v) is 10.7. The Hall–Kier alpha value is -1.88. The van der Waals surface area contributed by atoms with E-state index in [1.807, 2.05) is 13.0 Å². The number of hydrogen-bond acceptors (Lipinski definition) is 5. The number of halogens is 1. The van der Waals surface area contributed by atoms with E-state index in [9.17, 15) is 4.79 Å². The molecule has 0 aliphatic rings. The summed E-state index contributed by atoms with van der Waals surface area (Å²) in [4.78, 5) is 15.4. The zero-order valence-electron chi connectivity index (χ0n) is 9.94. The third-order valence-corrected chi connectivity index (χ3v) is 2.71. The van der Waals surface area contributed by atoms with Gasteiger partial charge in [-0.05, 0) is 42.8 Å². The average Bonchev–Trinajstić information content (AvgIpc) is 2.82. The molecule has 1 aromatic heterocycles. The molecular weight excluding hydrogens is 256 g/mol. The van der Waals surface area contributed by atoms with E-state index in [2.05, 4.69) is 10.1 Å². The van der Waals surface area contributed by atoms with Crippen molar-refractivity contribution in [1.29, 1.82) is 0 Å². The normalized spacial score (nSPS) is 10.4. The van der Waals surface area contributed by atoms with E-state index >= 15 is 0 Å². The number of esters is 1. The second-order valence-electron chi connectivity index (χ2n) is 3.61. The van der Waals surface area contributed by atoms with E-state index in [4.69, 9.17) is 20.9 Å². The summed E-state index contributed by atoms with van der Waals surface area (Å²) in [5.41, 5.74) is 1.60. The Morgan fingerprint density at radius 1 is 1.50 bits per heavy atom. The molecule has 6 heteroatoms. The predicted octanol–water partition coefficient (Wildman–Crippen LogP) is 2.88. The van der Waals surface area contributed by atoms with Crippen LogP contribution in [-0.2, 0) is 4.74 Å². The fraction of sp³-hybridized carbons (Fsp3) is 0.250. The summed E-state index contributed by atoms with van der Waals surface area (Å²) in [6.07, 6.45) is 0. The average molecular weight is 267 g/mol. The largest absolute Gasteiger partial charge is 0.460 e. The minimum Gasteiger partial charge on any atom is -0.460 e. The van der Waals surface area contributed by atoms with Crippen molar-refractivity contribution in [2.45, 2.75) is 13.8 Å². The summed E-state index contributed by atoms with van der Waals surface area (Å²) in [5.74, 6) is -0.421. The molecule has 5 nitrogen and oxygen atoms in total. The summed E-state index contributed by atoms with van der Waals surface area (Å²) < 4.78 is 9.78. The van der Waals surface area contributed by atoms with Gasteiger partial charge in [0.05, 0.1) is 6.61 Å². The molecule has 0 saturated heterocycles. The van der Waals surface area contributed by atoms with E-state index in [1.165, 1.54) is 0 Å². The Bertz CT molecular complexity index is 580. The molecule has 0 N–H and O–H groups in total. The molecule has 94 valence electrons. The Balaban J connectivity index is 2.29. The molecule has 2 aromatic rings. The van der Waals surface area contributed by atoms with Crippen molar-refractivity contribution in [3.8, 4) is 11.5 Å². The van der Waals surface area contributed by atoms with Gasteiger partial charge in [0.1, 0.15) is 0 Å². The quantitative estimate of drug-likeness (QED) is 0.799. The van der Waals surface area contributed by atoms with Gasteiger partial charge < -0.3 is 9.26 Å². The molecule has 1 aromatic carbocycles. The number of benzene rings is 1. The first-order valence-corrected chi connectivity index (χ1v) is 5.77. The highest BCUT2D eigenvalue weighted by Gasteiger charge is 2.16. The topological polar surface area (TPSA) is 65.2 Å². The lowest BCUT2D eigenvalue weighted by molar-refractivity contribution is 0.0508. The molecule has 0 saturated carbocycles. The lowest BCUT2D eigenvalue weighted by Gasteiger charge is -1.98. The number of aromatic nitrogens is 2. The lowest BCUT2D eigenvalue weighted by atomic mass is 10.1. The standard InChI is InChI=1S/C12H11ClN2O3/c1-3-17-12(16)10-14-11(18-15-10)8-4-5-9(13)7(2)6-8/h4-6H,3H2,1-2H3. The molecule has 2 rings (SSSR count). The van der Waals surface area contributed by atoms with Gasteiger partial charge in [-0.2, -0.15) is 4.98 Å². The number of nitrogens with zero attached hydrogens (tertiary/aromatic N) is 2. The van der Waals surface area contributed by atoms with Crippen LogP contribution in [0.2, 0.25) is 5.02 Å². The Morgan fingerprint density at radius 3 is 2.94 bits per heavy atom.